The summed E-state index contributed by atoms with van der Waals surface area (Å²) in [4.78, 5) is 24.8. The van der Waals surface area contributed by atoms with Gasteiger partial charge in [-0.3, -0.25) is 9.59 Å². The minimum atomic E-state index is -0.707. The second kappa shape index (κ2) is 3.15. The average Bonchev–Trinajstić information content (AvgIpc) is 2.45. The highest BCUT2D eigenvalue weighted by Crippen LogP contribution is 2.64. The maximum atomic E-state index is 12.4. The molecule has 2 heterocycles. The zero-order valence-electron chi connectivity index (χ0n) is 13.3. The predicted molar refractivity (Wildman–Crippen MR) is 74.1 cm³/mol. The first-order valence-corrected chi connectivity index (χ1v) is 6.91. The van der Waals surface area contributed by atoms with Gasteiger partial charge in [0, 0.05) is 10.8 Å². The highest BCUT2D eigenvalue weighted by atomic mass is 16.2. The van der Waals surface area contributed by atoms with E-state index >= 15 is 0 Å². The molecule has 2 rings (SSSR count). The third-order valence-electron chi connectivity index (χ3n) is 6.74. The fourth-order valence-corrected chi connectivity index (χ4v) is 3.60. The van der Waals surface area contributed by atoms with Gasteiger partial charge in [-0.25, -0.2) is 0 Å². The molecule has 0 unspecified atom stereocenters. The number of carbonyl (C=O) groups is 2. The summed E-state index contributed by atoms with van der Waals surface area (Å²) >= 11 is 0. The normalized spacial score (nSPS) is 32.2. The van der Waals surface area contributed by atoms with Crippen molar-refractivity contribution in [3.8, 4) is 0 Å². The standard InChI is InChI=1S/C15H26N2O2/c1-11(2)9(18)16-15(13(11,5)6)14(7,8)12(3,4)10(19)17-15/h1-8H3,(H,16,18)(H,17,19). The summed E-state index contributed by atoms with van der Waals surface area (Å²) in [6, 6.07) is 0. The molecule has 2 amide bonds. The molecule has 0 aromatic rings. The second-order valence-electron chi connectivity index (χ2n) is 8.16. The third-order valence-corrected chi connectivity index (χ3v) is 6.74. The van der Waals surface area contributed by atoms with Crippen molar-refractivity contribution in [2.24, 2.45) is 21.7 Å². The van der Waals surface area contributed by atoms with Crippen molar-refractivity contribution in [1.29, 1.82) is 0 Å². The lowest BCUT2D eigenvalue weighted by molar-refractivity contribution is -0.129. The lowest BCUT2D eigenvalue weighted by atomic mass is 9.53. The number of hydrogen-bond donors (Lipinski definition) is 2. The molecule has 2 aliphatic heterocycles. The molecule has 2 N–H and O–H groups in total. The van der Waals surface area contributed by atoms with E-state index in [1.807, 2.05) is 27.7 Å². The smallest absolute Gasteiger partial charge is 0.228 e. The van der Waals surface area contributed by atoms with Crippen molar-refractivity contribution in [1.82, 2.24) is 10.6 Å². The van der Waals surface area contributed by atoms with Crippen LogP contribution in [0.3, 0.4) is 0 Å². The largest absolute Gasteiger partial charge is 0.332 e. The molecule has 1 spiro atoms. The van der Waals surface area contributed by atoms with Crippen LogP contribution in [0.2, 0.25) is 0 Å². The molecule has 0 aromatic carbocycles. The lowest BCUT2D eigenvalue weighted by Gasteiger charge is -2.52. The van der Waals surface area contributed by atoms with Crippen LogP contribution in [0.25, 0.3) is 0 Å². The summed E-state index contributed by atoms with van der Waals surface area (Å²) in [6.45, 7) is 16.1. The van der Waals surface area contributed by atoms with Crippen LogP contribution >= 0.6 is 0 Å². The van der Waals surface area contributed by atoms with Gasteiger partial charge < -0.3 is 10.6 Å². The van der Waals surface area contributed by atoms with E-state index in [0.717, 1.165) is 0 Å². The molecular formula is C15H26N2O2. The van der Waals surface area contributed by atoms with Gasteiger partial charge in [0.25, 0.3) is 0 Å². The van der Waals surface area contributed by atoms with Crippen LogP contribution in [-0.4, -0.2) is 17.5 Å². The highest BCUT2D eigenvalue weighted by molar-refractivity contribution is 5.93. The summed E-state index contributed by atoms with van der Waals surface area (Å²) in [5.41, 5.74) is -2.54. The van der Waals surface area contributed by atoms with Gasteiger partial charge >= 0.3 is 0 Å². The fourth-order valence-electron chi connectivity index (χ4n) is 3.60. The quantitative estimate of drug-likeness (QED) is 0.705. The van der Waals surface area contributed by atoms with Crippen LogP contribution in [0.1, 0.15) is 55.4 Å². The first-order chi connectivity index (χ1) is 8.26. The van der Waals surface area contributed by atoms with Crippen LogP contribution in [0.5, 0.6) is 0 Å². The van der Waals surface area contributed by atoms with Gasteiger partial charge in [-0.05, 0) is 0 Å². The zero-order valence-corrected chi connectivity index (χ0v) is 13.3. The Balaban J connectivity index is 2.71. The molecule has 0 saturated carbocycles. The molecule has 4 nitrogen and oxygen atoms in total. The first kappa shape index (κ1) is 14.4. The molecule has 0 atom stereocenters. The molecular weight excluding hydrogens is 240 g/mol. The highest BCUT2D eigenvalue weighted by Gasteiger charge is 2.76. The number of nitrogens with one attached hydrogen (secondary N) is 2. The molecule has 2 saturated heterocycles. The summed E-state index contributed by atoms with van der Waals surface area (Å²) in [6.07, 6.45) is 0. The van der Waals surface area contributed by atoms with Gasteiger partial charge in [0.1, 0.15) is 5.66 Å². The summed E-state index contributed by atoms with van der Waals surface area (Å²) in [5, 5.41) is 6.23. The number of amides is 2. The fraction of sp³-hybridized carbons (Fsp3) is 0.867. The maximum absolute atomic E-state index is 12.4. The maximum Gasteiger partial charge on any atom is 0.228 e. The Bertz CT molecular complexity index is 429. The van der Waals surface area contributed by atoms with Gasteiger partial charge in [-0.1, -0.05) is 55.4 Å². The Morgan fingerprint density at radius 1 is 0.632 bits per heavy atom. The molecule has 2 fully saturated rings. The van der Waals surface area contributed by atoms with Crippen LogP contribution in [0, 0.1) is 21.7 Å². The SMILES string of the molecule is CC1(C)C(=O)NC2(NC(=O)C(C)(C)C2(C)C)C1(C)C. The monoisotopic (exact) mass is 266 g/mol. The van der Waals surface area contributed by atoms with Crippen LogP contribution < -0.4 is 10.6 Å². The minimum Gasteiger partial charge on any atom is -0.332 e. The van der Waals surface area contributed by atoms with E-state index in [4.69, 9.17) is 0 Å². The Labute approximate surface area is 115 Å². The molecule has 0 aromatic heterocycles. The molecule has 19 heavy (non-hydrogen) atoms. The summed E-state index contributed by atoms with van der Waals surface area (Å²) in [7, 11) is 0. The molecule has 4 heteroatoms. The minimum absolute atomic E-state index is 0.00331. The zero-order chi connectivity index (χ0) is 15.1. The third kappa shape index (κ3) is 1.17. The van der Waals surface area contributed by atoms with E-state index in [2.05, 4.69) is 38.3 Å². The van der Waals surface area contributed by atoms with E-state index < -0.39 is 16.5 Å². The van der Waals surface area contributed by atoms with Gasteiger partial charge in [0.15, 0.2) is 0 Å². The number of hydrogen-bond acceptors (Lipinski definition) is 2. The van der Waals surface area contributed by atoms with Crippen LogP contribution in [0.4, 0.5) is 0 Å². The van der Waals surface area contributed by atoms with Crippen molar-refractivity contribution in [3.63, 3.8) is 0 Å². The van der Waals surface area contributed by atoms with E-state index in [1.54, 1.807) is 0 Å². The Kier molecular flexibility index (Phi) is 2.38. The van der Waals surface area contributed by atoms with E-state index in [1.165, 1.54) is 0 Å². The molecule has 108 valence electrons. The average molecular weight is 266 g/mol. The molecule has 0 aliphatic carbocycles. The van der Waals surface area contributed by atoms with Gasteiger partial charge in [0.2, 0.25) is 11.8 Å². The predicted octanol–water partition coefficient (Wildman–Crippen LogP) is 2.05. The van der Waals surface area contributed by atoms with Crippen LogP contribution in [0.15, 0.2) is 0 Å². The molecule has 0 radical (unpaired) electrons. The van der Waals surface area contributed by atoms with Crippen molar-refractivity contribution in [3.05, 3.63) is 0 Å². The Morgan fingerprint density at radius 3 is 1.05 bits per heavy atom. The van der Waals surface area contributed by atoms with E-state index in [0.29, 0.717) is 0 Å². The van der Waals surface area contributed by atoms with Crippen molar-refractivity contribution in [2.45, 2.75) is 61.1 Å². The molecule has 0 bridgehead atoms. The molecule has 2 aliphatic rings. The second-order valence-corrected chi connectivity index (χ2v) is 8.16. The van der Waals surface area contributed by atoms with Gasteiger partial charge in [-0.15, -0.1) is 0 Å². The van der Waals surface area contributed by atoms with Crippen LogP contribution in [-0.2, 0) is 9.59 Å². The Morgan fingerprint density at radius 2 is 0.895 bits per heavy atom. The van der Waals surface area contributed by atoms with Gasteiger partial charge in [0.05, 0.1) is 10.8 Å². The summed E-state index contributed by atoms with van der Waals surface area (Å²) < 4.78 is 0. The van der Waals surface area contributed by atoms with Crippen molar-refractivity contribution in [2.75, 3.05) is 0 Å². The topological polar surface area (TPSA) is 58.2 Å². The lowest BCUT2D eigenvalue weighted by Crippen LogP contribution is -2.66. The number of rotatable bonds is 0. The Hall–Kier alpha value is -1.06. The summed E-state index contributed by atoms with van der Waals surface area (Å²) in [5.74, 6) is 0.00662. The van der Waals surface area contributed by atoms with Crippen molar-refractivity contribution >= 4 is 11.8 Å². The van der Waals surface area contributed by atoms with Gasteiger partial charge in [-0.2, -0.15) is 0 Å². The van der Waals surface area contributed by atoms with E-state index in [-0.39, 0.29) is 22.6 Å². The number of carbonyl (C=O) groups excluding carboxylic acids is 2. The van der Waals surface area contributed by atoms with E-state index in [9.17, 15) is 9.59 Å². The van der Waals surface area contributed by atoms with Crippen molar-refractivity contribution < 1.29 is 9.59 Å². The first-order valence-electron chi connectivity index (χ1n) is 6.91.